The molecular weight excluding hydrogens is 299 g/mol. The Hall–Kier alpha value is -1.11. The average molecular weight is 320 g/mol. The molecule has 0 atom stereocenters. The van der Waals surface area contributed by atoms with Crippen LogP contribution in [0.4, 0.5) is 0 Å². The number of ether oxygens (including phenoxy) is 4. The van der Waals surface area contributed by atoms with Crippen LogP contribution in [0, 0.1) is 0 Å². The lowest BCUT2D eigenvalue weighted by molar-refractivity contribution is 0.142. The maximum atomic E-state index is 11.1. The lowest BCUT2D eigenvalue weighted by Gasteiger charge is -2.12. The second-order valence-electron chi connectivity index (χ2n) is 4.32. The van der Waals surface area contributed by atoms with Gasteiger partial charge in [0.05, 0.1) is 19.4 Å². The van der Waals surface area contributed by atoms with Crippen LogP contribution in [-0.4, -0.2) is 50.4 Å². The van der Waals surface area contributed by atoms with E-state index in [9.17, 15) is 4.57 Å². The summed E-state index contributed by atoms with van der Waals surface area (Å²) in [5.41, 5.74) is 0.450. The lowest BCUT2D eigenvalue weighted by Crippen LogP contribution is -2.07. The fourth-order valence-electron chi connectivity index (χ4n) is 1.61. The highest BCUT2D eigenvalue weighted by Gasteiger charge is 2.15. The Kier molecular flexibility index (Phi) is 7.71. The Labute approximate surface area is 123 Å². The first-order valence-electron chi connectivity index (χ1n) is 6.36. The van der Waals surface area contributed by atoms with Crippen LogP contribution in [0.1, 0.15) is 5.56 Å². The third-order valence-electron chi connectivity index (χ3n) is 2.44. The lowest BCUT2D eigenvalue weighted by atomic mass is 10.2. The van der Waals surface area contributed by atoms with Crippen LogP contribution in [0.2, 0.25) is 0 Å². The van der Waals surface area contributed by atoms with Gasteiger partial charge in [-0.2, -0.15) is 0 Å². The number of benzene rings is 1. The standard InChI is InChI=1S/C13H21O7P/c1-17-3-5-19-12-7-11(10-21(14,15)16)8-13(9-12)20-6-4-18-2/h7-9H,3-6,10H2,1-2H3,(H2,14,15,16). The van der Waals surface area contributed by atoms with Crippen molar-refractivity contribution in [1.29, 1.82) is 0 Å². The maximum Gasteiger partial charge on any atom is 0.329 e. The molecule has 0 aliphatic rings. The highest BCUT2D eigenvalue weighted by Crippen LogP contribution is 2.40. The monoisotopic (exact) mass is 320 g/mol. The molecule has 0 fully saturated rings. The molecule has 120 valence electrons. The zero-order chi connectivity index (χ0) is 15.7. The Balaban J connectivity index is 2.82. The number of hydrogen-bond acceptors (Lipinski definition) is 5. The van der Waals surface area contributed by atoms with Gasteiger partial charge in [-0.25, -0.2) is 0 Å². The fourth-order valence-corrected chi connectivity index (χ4v) is 2.27. The Morgan fingerprint density at radius 1 is 0.905 bits per heavy atom. The van der Waals surface area contributed by atoms with Crippen molar-refractivity contribution in [3.8, 4) is 11.5 Å². The van der Waals surface area contributed by atoms with Gasteiger partial charge in [-0.1, -0.05) is 0 Å². The van der Waals surface area contributed by atoms with E-state index in [-0.39, 0.29) is 6.16 Å². The summed E-state index contributed by atoms with van der Waals surface area (Å²) in [4.78, 5) is 18.1. The van der Waals surface area contributed by atoms with Crippen LogP contribution in [0.15, 0.2) is 18.2 Å². The first-order valence-corrected chi connectivity index (χ1v) is 8.16. The van der Waals surface area contributed by atoms with Crippen LogP contribution in [0.3, 0.4) is 0 Å². The predicted molar refractivity (Wildman–Crippen MR) is 76.9 cm³/mol. The molecule has 0 aliphatic carbocycles. The molecule has 0 heterocycles. The third kappa shape index (κ3) is 8.04. The van der Waals surface area contributed by atoms with Gasteiger partial charge in [0.25, 0.3) is 0 Å². The van der Waals surface area contributed by atoms with E-state index in [1.807, 2.05) is 0 Å². The average Bonchev–Trinajstić information content (AvgIpc) is 2.37. The van der Waals surface area contributed by atoms with Gasteiger partial charge in [-0.3, -0.25) is 4.57 Å². The molecule has 0 spiro atoms. The first kappa shape index (κ1) is 17.9. The second kappa shape index (κ2) is 9.02. The van der Waals surface area contributed by atoms with Crippen molar-refractivity contribution in [1.82, 2.24) is 0 Å². The Bertz CT molecular complexity index is 443. The van der Waals surface area contributed by atoms with Crippen molar-refractivity contribution < 1.29 is 33.3 Å². The molecule has 0 unspecified atom stereocenters. The maximum absolute atomic E-state index is 11.1. The third-order valence-corrected chi connectivity index (χ3v) is 3.22. The number of hydrogen-bond donors (Lipinski definition) is 2. The van der Waals surface area contributed by atoms with Crippen molar-refractivity contribution in [2.45, 2.75) is 6.16 Å². The van der Waals surface area contributed by atoms with E-state index in [1.54, 1.807) is 32.4 Å². The first-order chi connectivity index (χ1) is 9.94. The SMILES string of the molecule is COCCOc1cc(CP(=O)(O)O)cc(OCCOC)c1. The smallest absolute Gasteiger partial charge is 0.329 e. The molecule has 0 aromatic heterocycles. The minimum absolute atomic E-state index is 0.341. The van der Waals surface area contributed by atoms with Gasteiger partial charge in [-0.05, 0) is 17.7 Å². The summed E-state index contributed by atoms with van der Waals surface area (Å²) in [6, 6.07) is 4.82. The van der Waals surface area contributed by atoms with Gasteiger partial charge in [0.15, 0.2) is 0 Å². The Morgan fingerprint density at radius 3 is 1.76 bits per heavy atom. The molecule has 21 heavy (non-hydrogen) atoms. The van der Waals surface area contributed by atoms with Crippen LogP contribution in [0.25, 0.3) is 0 Å². The molecular formula is C13H21O7P. The summed E-state index contributed by atoms with van der Waals surface area (Å²) in [5, 5.41) is 0. The van der Waals surface area contributed by atoms with Crippen molar-refractivity contribution in [3.05, 3.63) is 23.8 Å². The molecule has 8 heteroatoms. The normalized spacial score (nSPS) is 11.4. The minimum Gasteiger partial charge on any atom is -0.491 e. The van der Waals surface area contributed by atoms with E-state index < -0.39 is 7.60 Å². The van der Waals surface area contributed by atoms with E-state index in [2.05, 4.69) is 0 Å². The van der Waals surface area contributed by atoms with E-state index in [4.69, 9.17) is 28.7 Å². The largest absolute Gasteiger partial charge is 0.491 e. The van der Waals surface area contributed by atoms with Gasteiger partial charge in [-0.15, -0.1) is 0 Å². The zero-order valence-corrected chi connectivity index (χ0v) is 13.0. The van der Waals surface area contributed by atoms with E-state index in [0.717, 1.165) is 0 Å². The van der Waals surface area contributed by atoms with E-state index >= 15 is 0 Å². The molecule has 1 aromatic rings. The van der Waals surface area contributed by atoms with E-state index in [0.29, 0.717) is 43.5 Å². The molecule has 2 N–H and O–H groups in total. The molecule has 0 amide bonds. The van der Waals surface area contributed by atoms with Crippen molar-refractivity contribution in [2.75, 3.05) is 40.6 Å². The molecule has 1 aromatic carbocycles. The number of rotatable bonds is 10. The minimum atomic E-state index is -4.15. The van der Waals surface area contributed by atoms with Crippen LogP contribution < -0.4 is 9.47 Å². The van der Waals surface area contributed by atoms with Gasteiger partial charge in [0, 0.05) is 20.3 Å². The molecule has 0 saturated carbocycles. The van der Waals surface area contributed by atoms with Crippen LogP contribution >= 0.6 is 7.60 Å². The van der Waals surface area contributed by atoms with Crippen LogP contribution in [-0.2, 0) is 20.2 Å². The molecule has 0 saturated heterocycles. The Morgan fingerprint density at radius 2 is 1.38 bits per heavy atom. The zero-order valence-electron chi connectivity index (χ0n) is 12.2. The van der Waals surface area contributed by atoms with Gasteiger partial charge in [0.1, 0.15) is 24.7 Å². The van der Waals surface area contributed by atoms with Gasteiger partial charge >= 0.3 is 7.60 Å². The van der Waals surface area contributed by atoms with E-state index in [1.165, 1.54) is 0 Å². The molecule has 0 bridgehead atoms. The molecule has 0 radical (unpaired) electrons. The summed E-state index contributed by atoms with van der Waals surface area (Å²) in [5.74, 6) is 0.954. The summed E-state index contributed by atoms with van der Waals surface area (Å²) < 4.78 is 31.8. The fraction of sp³-hybridized carbons (Fsp3) is 0.538. The second-order valence-corrected chi connectivity index (χ2v) is 5.96. The van der Waals surface area contributed by atoms with Crippen molar-refractivity contribution >= 4 is 7.60 Å². The van der Waals surface area contributed by atoms with Crippen molar-refractivity contribution in [3.63, 3.8) is 0 Å². The highest BCUT2D eigenvalue weighted by atomic mass is 31.2. The van der Waals surface area contributed by atoms with Crippen molar-refractivity contribution in [2.24, 2.45) is 0 Å². The highest BCUT2D eigenvalue weighted by molar-refractivity contribution is 7.50. The predicted octanol–water partition coefficient (Wildman–Crippen LogP) is 1.41. The molecule has 0 aliphatic heterocycles. The summed E-state index contributed by atoms with van der Waals surface area (Å²) in [6.45, 7) is 1.52. The van der Waals surface area contributed by atoms with Crippen LogP contribution in [0.5, 0.6) is 11.5 Å². The quantitative estimate of drug-likeness (QED) is 0.497. The summed E-state index contributed by atoms with van der Waals surface area (Å²) in [6.07, 6.45) is -0.366. The molecule has 7 nitrogen and oxygen atoms in total. The summed E-state index contributed by atoms with van der Waals surface area (Å²) >= 11 is 0. The topological polar surface area (TPSA) is 94.5 Å². The summed E-state index contributed by atoms with van der Waals surface area (Å²) in [7, 11) is -1.03. The van der Waals surface area contributed by atoms with Gasteiger partial charge < -0.3 is 28.7 Å². The number of methoxy groups -OCH3 is 2. The molecule has 1 rings (SSSR count). The van der Waals surface area contributed by atoms with Gasteiger partial charge in [0.2, 0.25) is 0 Å².